The second-order valence-electron chi connectivity index (χ2n) is 9.18. The normalized spacial score (nSPS) is 16.9. The van der Waals surface area contributed by atoms with Crippen molar-refractivity contribution >= 4 is 5.97 Å². The summed E-state index contributed by atoms with van der Waals surface area (Å²) in [5.74, 6) is 0.454. The number of carbonyl (C=O) groups excluding carboxylic acids is 1. The predicted molar refractivity (Wildman–Crippen MR) is 126 cm³/mol. The molecule has 1 aliphatic heterocycles. The van der Waals surface area contributed by atoms with E-state index in [9.17, 15) is 4.79 Å². The van der Waals surface area contributed by atoms with Gasteiger partial charge in [0.15, 0.2) is 19.9 Å². The van der Waals surface area contributed by atoms with Gasteiger partial charge in [-0.1, -0.05) is 90.9 Å². The minimum absolute atomic E-state index is 0.0386. The van der Waals surface area contributed by atoms with Gasteiger partial charge in [0, 0.05) is 12.3 Å². The van der Waals surface area contributed by atoms with E-state index >= 15 is 0 Å². The van der Waals surface area contributed by atoms with Crippen LogP contribution in [-0.4, -0.2) is 31.9 Å². The Kier molecular flexibility index (Phi) is 18.3. The number of carbonyl (C=O) groups is 1. The maximum atomic E-state index is 11.7. The minimum atomic E-state index is -0.0837. The lowest BCUT2D eigenvalue weighted by atomic mass is 9.93. The molecule has 0 aromatic rings. The van der Waals surface area contributed by atoms with Crippen LogP contribution in [0.5, 0.6) is 0 Å². The fourth-order valence-electron chi connectivity index (χ4n) is 4.11. The smallest absolute Gasteiger partial charge is 0.306 e. The van der Waals surface area contributed by atoms with Crippen LogP contribution < -0.4 is 0 Å². The van der Waals surface area contributed by atoms with E-state index in [1.54, 1.807) is 0 Å². The van der Waals surface area contributed by atoms with Crippen LogP contribution in [0.1, 0.15) is 130 Å². The summed E-state index contributed by atoms with van der Waals surface area (Å²) in [6, 6.07) is 0. The fourth-order valence-corrected chi connectivity index (χ4v) is 4.11. The Balaban J connectivity index is 2.07. The third-order valence-electron chi connectivity index (χ3n) is 6.31. The Morgan fingerprint density at radius 1 is 0.806 bits per heavy atom. The van der Waals surface area contributed by atoms with Crippen LogP contribution in [0.4, 0.5) is 0 Å². The molecule has 0 N–H and O–H groups in total. The molecule has 2 unspecified atom stereocenters. The molecule has 0 bridgehead atoms. The highest BCUT2D eigenvalue weighted by Crippen LogP contribution is 2.26. The average Bonchev–Trinajstić information content (AvgIpc) is 2.79. The molecule has 0 aliphatic carbocycles. The highest BCUT2D eigenvalue weighted by atomic mass is 16.8. The first-order valence-corrected chi connectivity index (χ1v) is 13.2. The number of esters is 1. The molecule has 184 valence electrons. The molecule has 0 aromatic carbocycles. The van der Waals surface area contributed by atoms with Gasteiger partial charge in [-0.2, -0.15) is 0 Å². The number of ether oxygens (including phenoxy) is 4. The van der Waals surface area contributed by atoms with Crippen molar-refractivity contribution in [3.8, 4) is 0 Å². The summed E-state index contributed by atoms with van der Waals surface area (Å²) in [6.45, 7) is 6.99. The first-order valence-electron chi connectivity index (χ1n) is 13.2. The van der Waals surface area contributed by atoms with Crippen molar-refractivity contribution in [1.29, 1.82) is 0 Å². The van der Waals surface area contributed by atoms with E-state index in [0.717, 1.165) is 19.3 Å². The van der Waals surface area contributed by atoms with Gasteiger partial charge in [-0.25, -0.2) is 0 Å². The van der Waals surface area contributed by atoms with E-state index < -0.39 is 0 Å². The van der Waals surface area contributed by atoms with Crippen molar-refractivity contribution in [1.82, 2.24) is 0 Å². The van der Waals surface area contributed by atoms with Crippen molar-refractivity contribution < 1.29 is 23.7 Å². The fraction of sp³-hybridized carbons (Fsp3) is 0.962. The average molecular weight is 443 g/mol. The van der Waals surface area contributed by atoms with Gasteiger partial charge >= 0.3 is 5.97 Å². The van der Waals surface area contributed by atoms with Crippen molar-refractivity contribution in [2.75, 3.05) is 13.6 Å². The standard InChI is InChI=1S/C26H50O5/c1-4-6-7-8-12-15-18-24(26-29-21-28-22-30-26)19-16-13-10-9-11-14-17-20-25(27)31-23(3)5-2/h23-24,26H,4-22H2,1-3H3. The number of hydrogen-bond donors (Lipinski definition) is 0. The number of hydrogen-bond acceptors (Lipinski definition) is 5. The third-order valence-corrected chi connectivity index (χ3v) is 6.31. The summed E-state index contributed by atoms with van der Waals surface area (Å²) in [6.07, 6.45) is 20.1. The van der Waals surface area contributed by atoms with Crippen LogP contribution >= 0.6 is 0 Å². The highest BCUT2D eigenvalue weighted by Gasteiger charge is 2.25. The summed E-state index contributed by atoms with van der Waals surface area (Å²) in [5.41, 5.74) is 0. The maximum Gasteiger partial charge on any atom is 0.306 e. The maximum absolute atomic E-state index is 11.7. The molecule has 0 saturated carbocycles. The summed E-state index contributed by atoms with van der Waals surface area (Å²) < 4.78 is 21.9. The molecule has 1 fully saturated rings. The van der Waals surface area contributed by atoms with Gasteiger partial charge in [0.2, 0.25) is 0 Å². The van der Waals surface area contributed by atoms with Crippen LogP contribution in [0.3, 0.4) is 0 Å². The molecule has 1 heterocycles. The zero-order valence-electron chi connectivity index (χ0n) is 20.7. The van der Waals surface area contributed by atoms with E-state index in [-0.39, 0.29) is 18.4 Å². The van der Waals surface area contributed by atoms with Crippen molar-refractivity contribution in [2.45, 2.75) is 142 Å². The highest BCUT2D eigenvalue weighted by molar-refractivity contribution is 5.69. The Morgan fingerprint density at radius 2 is 1.32 bits per heavy atom. The number of unbranched alkanes of at least 4 members (excludes halogenated alkanes) is 11. The summed E-state index contributed by atoms with van der Waals surface area (Å²) in [5, 5.41) is 0. The topological polar surface area (TPSA) is 54.0 Å². The van der Waals surface area contributed by atoms with Crippen LogP contribution in [0.2, 0.25) is 0 Å². The van der Waals surface area contributed by atoms with Gasteiger partial charge in [0.25, 0.3) is 0 Å². The first-order chi connectivity index (χ1) is 15.2. The molecule has 0 radical (unpaired) electrons. The molecular formula is C26H50O5. The van der Waals surface area contributed by atoms with Crippen molar-refractivity contribution in [3.05, 3.63) is 0 Å². The predicted octanol–water partition coefficient (Wildman–Crippen LogP) is 7.51. The van der Waals surface area contributed by atoms with E-state index in [1.165, 1.54) is 83.5 Å². The molecule has 0 aromatic heterocycles. The zero-order valence-corrected chi connectivity index (χ0v) is 20.7. The van der Waals surface area contributed by atoms with Crippen LogP contribution in [0, 0.1) is 5.92 Å². The van der Waals surface area contributed by atoms with E-state index in [2.05, 4.69) is 6.92 Å². The van der Waals surface area contributed by atoms with Gasteiger partial charge in [0.05, 0.1) is 6.10 Å². The van der Waals surface area contributed by atoms with Crippen molar-refractivity contribution in [2.24, 2.45) is 5.92 Å². The molecule has 0 amide bonds. The Bertz CT molecular complexity index is 409. The third kappa shape index (κ3) is 15.7. The molecule has 5 heteroatoms. The van der Waals surface area contributed by atoms with E-state index in [4.69, 9.17) is 18.9 Å². The lowest BCUT2D eigenvalue weighted by Gasteiger charge is -2.30. The molecule has 1 aliphatic rings. The quantitative estimate of drug-likeness (QED) is 0.144. The molecule has 5 nitrogen and oxygen atoms in total. The largest absolute Gasteiger partial charge is 0.463 e. The zero-order chi connectivity index (χ0) is 22.6. The van der Waals surface area contributed by atoms with Gasteiger partial charge in [-0.15, -0.1) is 0 Å². The minimum Gasteiger partial charge on any atom is -0.463 e. The van der Waals surface area contributed by atoms with E-state index in [0.29, 0.717) is 25.9 Å². The molecule has 2 atom stereocenters. The van der Waals surface area contributed by atoms with Crippen molar-refractivity contribution in [3.63, 3.8) is 0 Å². The van der Waals surface area contributed by atoms with Gasteiger partial charge in [-0.05, 0) is 32.6 Å². The number of rotatable bonds is 20. The van der Waals surface area contributed by atoms with Gasteiger partial charge in [0.1, 0.15) is 0 Å². The van der Waals surface area contributed by atoms with Crippen LogP contribution in [0.25, 0.3) is 0 Å². The second-order valence-corrected chi connectivity index (χ2v) is 9.18. The van der Waals surface area contributed by atoms with Crippen LogP contribution in [-0.2, 0) is 23.7 Å². The summed E-state index contributed by atoms with van der Waals surface area (Å²) >= 11 is 0. The molecule has 1 rings (SSSR count). The van der Waals surface area contributed by atoms with Gasteiger partial charge < -0.3 is 18.9 Å². The molecule has 1 saturated heterocycles. The van der Waals surface area contributed by atoms with Crippen LogP contribution in [0.15, 0.2) is 0 Å². The summed E-state index contributed by atoms with van der Waals surface area (Å²) in [7, 11) is 0. The van der Waals surface area contributed by atoms with Gasteiger partial charge in [-0.3, -0.25) is 4.79 Å². The summed E-state index contributed by atoms with van der Waals surface area (Å²) in [4.78, 5) is 11.7. The Hall–Kier alpha value is -0.650. The SMILES string of the molecule is CCCCCCCCC(CCCCCCCCCC(=O)OC(C)CC)C1OCOCO1. The lowest BCUT2D eigenvalue weighted by Crippen LogP contribution is -2.33. The molecular weight excluding hydrogens is 392 g/mol. The molecule has 0 spiro atoms. The first kappa shape index (κ1) is 28.4. The van der Waals surface area contributed by atoms with E-state index in [1.807, 2.05) is 13.8 Å². The lowest BCUT2D eigenvalue weighted by molar-refractivity contribution is -0.315. The molecule has 31 heavy (non-hydrogen) atoms. The monoisotopic (exact) mass is 442 g/mol. The second kappa shape index (κ2) is 20.0. The Morgan fingerprint density at radius 3 is 1.87 bits per heavy atom. The Labute approximate surface area is 191 Å².